The predicted molar refractivity (Wildman–Crippen MR) is 163 cm³/mol. The molecule has 9 heteroatoms. The molecule has 3 aromatic rings. The number of fused-ring (bicyclic) bond motifs is 1. The molecule has 0 bridgehead atoms. The van der Waals surface area contributed by atoms with Crippen molar-refractivity contribution in [2.24, 2.45) is 4.99 Å². The molecule has 1 unspecified atom stereocenters. The second kappa shape index (κ2) is 12.4. The molecule has 210 valence electrons. The van der Waals surface area contributed by atoms with Crippen molar-refractivity contribution in [3.63, 3.8) is 0 Å². The van der Waals surface area contributed by atoms with Crippen LogP contribution in [0.3, 0.4) is 0 Å². The van der Waals surface area contributed by atoms with Gasteiger partial charge in [0.1, 0.15) is 5.75 Å². The third-order valence-electron chi connectivity index (χ3n) is 7.07. The van der Waals surface area contributed by atoms with E-state index < -0.39 is 6.04 Å². The zero-order valence-corrected chi connectivity index (χ0v) is 24.4. The molecule has 1 aromatic heterocycles. The number of amides is 2. The Balaban J connectivity index is 1.44. The highest BCUT2D eigenvalue weighted by Gasteiger charge is 2.40. The fourth-order valence-electron chi connectivity index (χ4n) is 4.84. The van der Waals surface area contributed by atoms with Crippen molar-refractivity contribution in [3.8, 4) is 5.75 Å². The van der Waals surface area contributed by atoms with Crippen molar-refractivity contribution in [2.45, 2.75) is 45.7 Å². The van der Waals surface area contributed by atoms with Gasteiger partial charge in [-0.3, -0.25) is 14.6 Å². The average Bonchev–Trinajstić information content (AvgIpc) is 3.37. The lowest BCUT2D eigenvalue weighted by atomic mass is 9.91. The lowest BCUT2D eigenvalue weighted by Crippen LogP contribution is -2.38. The molecule has 8 nitrogen and oxygen atoms in total. The van der Waals surface area contributed by atoms with Crippen LogP contribution in [0, 0.1) is 0 Å². The molecule has 2 N–H and O–H groups in total. The number of hydrogen-bond donors (Lipinski definition) is 2. The number of thioether (sulfide) groups is 1. The fraction of sp³-hybridized carbons (Fsp3) is 0.250. The highest BCUT2D eigenvalue weighted by molar-refractivity contribution is 8.16. The number of benzene rings is 2. The minimum atomic E-state index is -0.450. The zero-order chi connectivity index (χ0) is 28.9. The summed E-state index contributed by atoms with van der Waals surface area (Å²) < 4.78 is 5.25. The smallest absolute Gasteiger partial charge is 0.255 e. The van der Waals surface area contributed by atoms with Crippen molar-refractivity contribution in [1.82, 2.24) is 15.2 Å². The first kappa shape index (κ1) is 28.2. The molecule has 0 spiro atoms. The van der Waals surface area contributed by atoms with Crippen LogP contribution in [-0.2, 0) is 16.1 Å². The lowest BCUT2D eigenvalue weighted by molar-refractivity contribution is -0.120. The number of methoxy groups -OCH3 is 1. The number of carbonyl (C=O) groups is 2. The summed E-state index contributed by atoms with van der Waals surface area (Å²) in [6, 6.07) is 18.9. The van der Waals surface area contributed by atoms with Crippen LogP contribution in [-0.4, -0.2) is 34.0 Å². The molecule has 3 heterocycles. The summed E-state index contributed by atoms with van der Waals surface area (Å²) in [4.78, 5) is 37.8. The van der Waals surface area contributed by atoms with Gasteiger partial charge in [-0.1, -0.05) is 55.9 Å². The minimum absolute atomic E-state index is 0.119. The Bertz CT molecular complexity index is 1510. The van der Waals surface area contributed by atoms with Crippen LogP contribution in [0.5, 0.6) is 5.75 Å². The van der Waals surface area contributed by atoms with Crippen molar-refractivity contribution in [3.05, 3.63) is 112 Å². The molecule has 1 atom stereocenters. The molecule has 5 rings (SSSR count). The number of aromatic nitrogens is 1. The number of hydrogen-bond acceptors (Lipinski definition) is 7. The molecule has 0 radical (unpaired) electrons. The molecular weight excluding hydrogens is 534 g/mol. The van der Waals surface area contributed by atoms with Crippen molar-refractivity contribution in [2.75, 3.05) is 12.4 Å². The van der Waals surface area contributed by atoms with Crippen LogP contribution >= 0.6 is 11.8 Å². The van der Waals surface area contributed by atoms with E-state index in [9.17, 15) is 9.59 Å². The van der Waals surface area contributed by atoms with E-state index in [-0.39, 0.29) is 18.2 Å². The summed E-state index contributed by atoms with van der Waals surface area (Å²) in [6.45, 7) is 6.56. The van der Waals surface area contributed by atoms with Gasteiger partial charge in [0, 0.05) is 30.3 Å². The Labute approximate surface area is 244 Å². The van der Waals surface area contributed by atoms with Gasteiger partial charge in [-0.25, -0.2) is 4.99 Å². The zero-order valence-electron chi connectivity index (χ0n) is 23.5. The molecule has 2 aliphatic rings. The van der Waals surface area contributed by atoms with Gasteiger partial charge in [0.15, 0.2) is 5.17 Å². The number of pyridine rings is 1. The van der Waals surface area contributed by atoms with E-state index in [1.54, 1.807) is 43.8 Å². The maximum atomic E-state index is 13.9. The Morgan fingerprint density at radius 2 is 1.83 bits per heavy atom. The van der Waals surface area contributed by atoms with E-state index >= 15 is 0 Å². The monoisotopic (exact) mass is 567 g/mol. The molecule has 2 amide bonds. The fourth-order valence-corrected chi connectivity index (χ4v) is 5.81. The number of nitrogens with one attached hydrogen (secondary N) is 2. The second-order valence-electron chi connectivity index (χ2n) is 10.2. The summed E-state index contributed by atoms with van der Waals surface area (Å²) in [5.74, 6) is 0.722. The number of anilines is 1. The molecule has 0 fully saturated rings. The van der Waals surface area contributed by atoms with Crippen LogP contribution in [0.25, 0.3) is 0 Å². The first-order chi connectivity index (χ1) is 19.8. The Morgan fingerprint density at radius 1 is 1.07 bits per heavy atom. The summed E-state index contributed by atoms with van der Waals surface area (Å²) >= 11 is 1.47. The quantitative estimate of drug-likeness (QED) is 0.323. The number of rotatable bonds is 9. The SMILES string of the molecule is COc1ccc(NC(=O)C2=C(C)N=C3SC=C(CC(=O)NCc4cccnc4)N3C2c2ccc(C(C)C)cc2)cc1. The number of amidine groups is 1. The van der Waals surface area contributed by atoms with Crippen LogP contribution < -0.4 is 15.4 Å². The maximum absolute atomic E-state index is 13.9. The summed E-state index contributed by atoms with van der Waals surface area (Å²) in [5, 5.41) is 8.72. The van der Waals surface area contributed by atoms with E-state index in [1.807, 2.05) is 29.4 Å². The topological polar surface area (TPSA) is 95.9 Å². The minimum Gasteiger partial charge on any atom is -0.497 e. The average molecular weight is 568 g/mol. The highest BCUT2D eigenvalue weighted by atomic mass is 32.2. The molecule has 41 heavy (non-hydrogen) atoms. The van der Waals surface area contributed by atoms with E-state index in [0.29, 0.717) is 35.2 Å². The first-order valence-electron chi connectivity index (χ1n) is 13.5. The predicted octanol–water partition coefficient (Wildman–Crippen LogP) is 6.13. The summed E-state index contributed by atoms with van der Waals surface area (Å²) in [7, 11) is 1.60. The molecular formula is C32H33N5O3S. The van der Waals surface area contributed by atoms with Crippen molar-refractivity contribution >= 4 is 34.4 Å². The standard InChI is InChI=1S/C32H33N5O3S/c1-20(2)23-7-9-24(10-8-23)30-29(31(39)36-25-11-13-27(40-4)14-12-25)21(3)35-32-37(30)26(19-41-32)16-28(38)34-18-22-6-5-15-33-17-22/h5-15,17,19-20,30H,16,18H2,1-4H3,(H,34,38)(H,36,39). The summed E-state index contributed by atoms with van der Waals surface area (Å²) in [5.41, 5.74) is 5.71. The van der Waals surface area contributed by atoms with Crippen LogP contribution in [0.15, 0.2) is 100 Å². The van der Waals surface area contributed by atoms with Crippen molar-refractivity contribution < 1.29 is 14.3 Å². The van der Waals surface area contributed by atoms with Gasteiger partial charge in [0.2, 0.25) is 5.91 Å². The van der Waals surface area contributed by atoms with Gasteiger partial charge in [-0.2, -0.15) is 0 Å². The van der Waals surface area contributed by atoms with Gasteiger partial charge in [-0.05, 0) is 65.3 Å². The van der Waals surface area contributed by atoms with Gasteiger partial charge >= 0.3 is 0 Å². The van der Waals surface area contributed by atoms with Crippen LogP contribution in [0.2, 0.25) is 0 Å². The van der Waals surface area contributed by atoms with E-state index in [1.165, 1.54) is 17.3 Å². The molecule has 2 aromatic carbocycles. The molecule has 0 saturated heterocycles. The number of carbonyl (C=O) groups excluding carboxylic acids is 2. The molecule has 0 saturated carbocycles. The Kier molecular flexibility index (Phi) is 8.54. The first-order valence-corrected chi connectivity index (χ1v) is 14.4. The Morgan fingerprint density at radius 3 is 2.49 bits per heavy atom. The van der Waals surface area contributed by atoms with Gasteiger partial charge in [0.25, 0.3) is 5.91 Å². The third-order valence-corrected chi connectivity index (χ3v) is 7.95. The summed E-state index contributed by atoms with van der Waals surface area (Å²) in [6.07, 6.45) is 3.59. The normalized spacial score (nSPS) is 16.2. The van der Waals surface area contributed by atoms with Crippen LogP contribution in [0.1, 0.15) is 55.8 Å². The van der Waals surface area contributed by atoms with E-state index in [0.717, 1.165) is 22.0 Å². The lowest BCUT2D eigenvalue weighted by Gasteiger charge is -2.36. The largest absolute Gasteiger partial charge is 0.497 e. The van der Waals surface area contributed by atoms with Crippen molar-refractivity contribution in [1.29, 1.82) is 0 Å². The number of allylic oxidation sites excluding steroid dienone is 1. The molecule has 2 aliphatic heterocycles. The van der Waals surface area contributed by atoms with Gasteiger partial charge in [0.05, 0.1) is 30.8 Å². The van der Waals surface area contributed by atoms with Gasteiger partial charge in [-0.15, -0.1) is 0 Å². The highest BCUT2D eigenvalue weighted by Crippen LogP contribution is 2.45. The van der Waals surface area contributed by atoms with Crippen LogP contribution in [0.4, 0.5) is 5.69 Å². The number of ether oxygens (including phenoxy) is 1. The maximum Gasteiger partial charge on any atom is 0.255 e. The molecule has 0 aliphatic carbocycles. The van der Waals surface area contributed by atoms with E-state index in [4.69, 9.17) is 9.73 Å². The number of nitrogens with zero attached hydrogens (tertiary/aromatic N) is 3. The number of aliphatic imine (C=N–C) groups is 1. The second-order valence-corrected chi connectivity index (χ2v) is 11.0. The van der Waals surface area contributed by atoms with Gasteiger partial charge < -0.3 is 20.3 Å². The van der Waals surface area contributed by atoms with E-state index in [2.05, 4.69) is 53.7 Å². The Hall–Kier alpha value is -4.37. The third kappa shape index (κ3) is 6.36.